The molecule has 0 aromatic heterocycles. The SMILES string of the molecule is C=C1CC2CN3C(=O)OCc4ccc(cc4)NC(=O)C(CCCCCC(=O)COCCOC)NC(=O)C(C)CC(=O)COCCOCCNC(=O)C4SCSC4C(=O)CCCOCCOCC(=O)CC(C)C(=O)NC(CCCCCC(=O)COCCOC)C(=O)Nc4ccc(cc4)COC(=O)N4c5cc(c(OC)cc5C(=O)N5CC(=C)CC5C4C)OCCCOc4cc3c(cc4OC)C(=O)N2C1. The molecule has 4 aromatic carbocycles. The standard InChI is InChI=1S/C98H131N9O28S2/c1-62-44-71-54-106-81-50-86(84(124-8)48-76(81)95(118)104(71)52-62)132-33-17-34-133-87-51-82-77(49-85(87)125-9)96(119)105-53-63(2)45-80(105)66(5)107(82)98(121)135-56-68-25-29-70(30-26-68)101-93(116)79(21-15-11-13-19-73(109)58-129-39-37-123-7)103-90(113)64(3)46-74(110)59-130-42-40-126-32-16-22-83(112)88-89(137-61-136-88)94(117)99-31-35-127-41-43-131-60-75(111)47-65(4)91(114)102-78(20-14-10-12-18-72(108)57-128-38-36-122-6)92(115)100-69-27-23-67(24-28-69)55-134-97(106)120/h23-30,48-51,64-66,71,78-80,88-89H,1-2,10-22,31-47,52-61H2,3-9H3,(H,99,117)(H,100,115)(H,101,116)(H,102,114)(H,103,113). The van der Waals surface area contributed by atoms with E-state index in [4.69, 9.17) is 66.3 Å². The summed E-state index contributed by atoms with van der Waals surface area (Å²) in [5.41, 5.74) is 4.03. The van der Waals surface area contributed by atoms with Crippen LogP contribution in [0.15, 0.2) is 97.1 Å². The van der Waals surface area contributed by atoms with E-state index in [0.29, 0.717) is 98.6 Å². The first-order chi connectivity index (χ1) is 66.1. The number of methoxy groups -OCH3 is 4. The smallest absolute Gasteiger partial charge is 0.414 e. The van der Waals surface area contributed by atoms with Crippen LogP contribution in [0.3, 0.4) is 0 Å². The molecule has 0 saturated carbocycles. The number of benzene rings is 4. The van der Waals surface area contributed by atoms with Crippen molar-refractivity contribution >= 4 is 129 Å². The molecular weight excluding hydrogens is 1820 g/mol. The molecule has 3 fully saturated rings. The molecular formula is C98H131N9O28S2. The van der Waals surface area contributed by atoms with Gasteiger partial charge in [-0.05, 0) is 99.4 Å². The number of carbonyl (C=O) groups is 14. The summed E-state index contributed by atoms with van der Waals surface area (Å²) >= 11 is 2.77. The number of fused-ring (bicyclic) bond motifs is 4. The van der Waals surface area contributed by atoms with Crippen molar-refractivity contribution in [2.45, 2.75) is 184 Å². The molecule has 5 N–H and O–H groups in total. The molecule has 9 unspecified atom stereocenters. The van der Waals surface area contributed by atoms with Gasteiger partial charge in [-0.3, -0.25) is 67.3 Å². The summed E-state index contributed by atoms with van der Waals surface area (Å²) in [4.78, 5) is 199. The second-order valence-corrected chi connectivity index (χ2v) is 37.2. The number of anilines is 4. The van der Waals surface area contributed by atoms with Gasteiger partial charge in [0, 0.05) is 119 Å². The van der Waals surface area contributed by atoms with Crippen LogP contribution in [0.5, 0.6) is 23.0 Å². The molecule has 37 nitrogen and oxygen atoms in total. The summed E-state index contributed by atoms with van der Waals surface area (Å²) in [6, 6.07) is 15.5. The van der Waals surface area contributed by atoms with Crippen molar-refractivity contribution in [3.8, 4) is 23.0 Å². The number of ether oxygens (including phenoxy) is 14. The van der Waals surface area contributed by atoms with Gasteiger partial charge in [-0.2, -0.15) is 0 Å². The quantitative estimate of drug-likeness (QED) is 0.0321. The van der Waals surface area contributed by atoms with E-state index in [1.165, 1.54) is 73.9 Å². The maximum absolute atomic E-state index is 14.8. The zero-order valence-corrected chi connectivity index (χ0v) is 81.0. The molecule has 748 valence electrons. The van der Waals surface area contributed by atoms with Gasteiger partial charge in [0.25, 0.3) is 11.8 Å². The number of hydrogen-bond acceptors (Lipinski definition) is 30. The molecule has 4 aromatic rings. The van der Waals surface area contributed by atoms with Crippen molar-refractivity contribution in [2.24, 2.45) is 11.8 Å². The number of nitrogens with zero attached hydrogens (tertiary/aromatic N) is 4. The van der Waals surface area contributed by atoms with E-state index < -0.39 is 88.4 Å². The van der Waals surface area contributed by atoms with Crippen molar-refractivity contribution in [3.63, 3.8) is 0 Å². The van der Waals surface area contributed by atoms with Gasteiger partial charge in [-0.1, -0.05) is 88.1 Å². The van der Waals surface area contributed by atoms with Gasteiger partial charge < -0.3 is 103 Å². The highest BCUT2D eigenvalue weighted by molar-refractivity contribution is 8.20. The van der Waals surface area contributed by atoms with E-state index in [1.54, 1.807) is 84.3 Å². The maximum atomic E-state index is 14.8. The Kier molecular flexibility index (Phi) is 44.4. The normalized spacial score (nSPS) is 22.9. The first-order valence-corrected chi connectivity index (χ1v) is 48.8. The zero-order chi connectivity index (χ0) is 98.3. The molecule has 39 heteroatoms. The lowest BCUT2D eigenvalue weighted by molar-refractivity contribution is -0.132. The van der Waals surface area contributed by atoms with Gasteiger partial charge >= 0.3 is 12.2 Å². The monoisotopic (exact) mass is 1950 g/mol. The average Bonchev–Trinajstić information content (AvgIpc) is 1.62. The maximum Gasteiger partial charge on any atom is 0.414 e. The lowest BCUT2D eigenvalue weighted by Crippen LogP contribution is -2.49. The molecule has 8 bridgehead atoms. The van der Waals surface area contributed by atoms with Crippen LogP contribution in [-0.4, -0.2) is 298 Å². The Morgan fingerprint density at radius 2 is 0.971 bits per heavy atom. The molecule has 8 heterocycles. The second-order valence-electron chi connectivity index (χ2n) is 34.5. The van der Waals surface area contributed by atoms with Crippen LogP contribution in [0.4, 0.5) is 32.3 Å². The van der Waals surface area contributed by atoms with E-state index in [1.807, 2.05) is 6.92 Å². The van der Waals surface area contributed by atoms with Crippen molar-refractivity contribution in [1.29, 1.82) is 0 Å². The van der Waals surface area contributed by atoms with Crippen molar-refractivity contribution in [2.75, 3.05) is 186 Å². The largest absolute Gasteiger partial charge is 0.493 e. The fourth-order valence-corrected chi connectivity index (χ4v) is 19.6. The molecule has 12 rings (SSSR count). The summed E-state index contributed by atoms with van der Waals surface area (Å²) in [5, 5.41) is 13.6. The Morgan fingerprint density at radius 3 is 1.51 bits per heavy atom. The van der Waals surface area contributed by atoms with E-state index in [9.17, 15) is 67.1 Å². The average molecular weight is 1950 g/mol. The molecule has 3 saturated heterocycles. The number of amides is 9. The van der Waals surface area contributed by atoms with E-state index in [2.05, 4.69) is 39.7 Å². The summed E-state index contributed by atoms with van der Waals surface area (Å²) < 4.78 is 79.9. The summed E-state index contributed by atoms with van der Waals surface area (Å²) in [6.45, 7) is 14.6. The summed E-state index contributed by atoms with van der Waals surface area (Å²) in [6.07, 6.45) is 3.50. The van der Waals surface area contributed by atoms with Crippen LogP contribution in [0.2, 0.25) is 0 Å². The van der Waals surface area contributed by atoms with Gasteiger partial charge in [0.1, 0.15) is 62.8 Å². The van der Waals surface area contributed by atoms with Crippen molar-refractivity contribution in [3.05, 3.63) is 119 Å². The molecule has 0 spiro atoms. The summed E-state index contributed by atoms with van der Waals surface area (Å²) in [5.74, 6) is -5.24. The first kappa shape index (κ1) is 108. The first-order valence-electron chi connectivity index (χ1n) is 46.7. The van der Waals surface area contributed by atoms with Crippen LogP contribution in [0.1, 0.15) is 162 Å². The van der Waals surface area contributed by atoms with E-state index in [-0.39, 0.29) is 275 Å². The fourth-order valence-electron chi connectivity index (χ4n) is 16.4. The third kappa shape index (κ3) is 33.2. The Labute approximate surface area is 807 Å². The second kappa shape index (κ2) is 56.2. The van der Waals surface area contributed by atoms with Gasteiger partial charge in [0.05, 0.1) is 139 Å². The Bertz CT molecular complexity index is 4830. The van der Waals surface area contributed by atoms with E-state index >= 15 is 0 Å². The van der Waals surface area contributed by atoms with Gasteiger partial charge in [-0.25, -0.2) is 9.59 Å². The Morgan fingerprint density at radius 1 is 0.482 bits per heavy atom. The Hall–Kier alpha value is -10.9. The zero-order valence-electron chi connectivity index (χ0n) is 79.4. The van der Waals surface area contributed by atoms with Gasteiger partial charge in [0.15, 0.2) is 46.1 Å². The minimum Gasteiger partial charge on any atom is -0.493 e. The fraction of sp³-hybridized carbons (Fsp3) is 0.571. The van der Waals surface area contributed by atoms with Gasteiger partial charge in [-0.15, -0.1) is 23.5 Å². The van der Waals surface area contributed by atoms with E-state index in [0.717, 1.165) is 11.1 Å². The number of nitrogens with one attached hydrogen (secondary N) is 5. The number of rotatable bonds is 24. The number of unbranched alkanes of at least 4 members (excludes halogenated alkanes) is 4. The van der Waals surface area contributed by atoms with Crippen molar-refractivity contribution < 1.29 is 133 Å². The predicted molar refractivity (Wildman–Crippen MR) is 510 cm³/mol. The molecule has 137 heavy (non-hydrogen) atoms. The highest BCUT2D eigenvalue weighted by Crippen LogP contribution is 2.45. The van der Waals surface area contributed by atoms with Crippen molar-refractivity contribution in [1.82, 2.24) is 25.8 Å². The van der Waals surface area contributed by atoms with Crippen LogP contribution >= 0.6 is 23.5 Å². The lowest BCUT2D eigenvalue weighted by atomic mass is 10.0. The highest BCUT2D eigenvalue weighted by atomic mass is 32.2. The third-order valence-electron chi connectivity index (χ3n) is 23.9. The summed E-state index contributed by atoms with van der Waals surface area (Å²) in [7, 11) is 5.91. The predicted octanol–water partition coefficient (Wildman–Crippen LogP) is 9.92. The van der Waals surface area contributed by atoms with Crippen LogP contribution in [0, 0.1) is 11.8 Å². The molecule has 8 aliphatic rings. The molecule has 9 amide bonds. The number of thioether (sulfide) groups is 2. The number of carbonyl (C=O) groups excluding carboxylic acids is 14. The molecule has 0 aliphatic carbocycles. The Balaban J connectivity index is 0.826. The minimum absolute atomic E-state index is 0.00297. The molecule has 9 atom stereocenters. The number of hydrogen-bond donors (Lipinski definition) is 5. The number of ketones is 5. The topological polar surface area (TPSA) is 441 Å². The molecule has 8 aliphatic heterocycles. The third-order valence-corrected chi connectivity index (χ3v) is 26.9. The lowest BCUT2D eigenvalue weighted by Gasteiger charge is -2.33. The van der Waals surface area contributed by atoms with Crippen LogP contribution in [0.25, 0.3) is 0 Å². The molecule has 0 radical (unpaired) electrons. The van der Waals surface area contributed by atoms with Gasteiger partial charge in [0.2, 0.25) is 29.5 Å². The minimum atomic E-state index is -1.06. The highest BCUT2D eigenvalue weighted by Gasteiger charge is 2.47. The number of Topliss-reactive ketones (excluding diaryl/α,β-unsaturated/α-hetero) is 5. The van der Waals surface area contributed by atoms with Crippen LogP contribution < -0.4 is 55.3 Å². The van der Waals surface area contributed by atoms with Crippen LogP contribution in [-0.2, 0) is 109 Å².